The van der Waals surface area contributed by atoms with Crippen molar-refractivity contribution in [2.45, 2.75) is 6.61 Å². The van der Waals surface area contributed by atoms with Gasteiger partial charge in [0, 0.05) is 15.6 Å². The van der Waals surface area contributed by atoms with E-state index in [-0.39, 0.29) is 12.4 Å². The van der Waals surface area contributed by atoms with Gasteiger partial charge in [-0.2, -0.15) is 0 Å². The molecule has 2 aromatic carbocycles. The molecule has 0 saturated carbocycles. The Labute approximate surface area is 108 Å². The summed E-state index contributed by atoms with van der Waals surface area (Å²) < 4.78 is 13.2. The minimum absolute atomic E-state index is 0.178. The minimum Gasteiger partial charge on any atom is -0.392 e. The average Bonchev–Trinajstić information content (AvgIpc) is 2.32. The number of aliphatic hydroxyl groups excluding tert-OH is 1. The van der Waals surface area contributed by atoms with Crippen LogP contribution < -0.4 is 0 Å². The van der Waals surface area contributed by atoms with E-state index in [1.807, 2.05) is 0 Å². The summed E-state index contributed by atoms with van der Waals surface area (Å²) in [6, 6.07) is 9.15. The van der Waals surface area contributed by atoms with E-state index in [1.165, 1.54) is 18.2 Å². The number of benzene rings is 2. The molecule has 0 aromatic heterocycles. The van der Waals surface area contributed by atoms with E-state index >= 15 is 0 Å². The number of halogens is 3. The smallest absolute Gasteiger partial charge is 0.123 e. The van der Waals surface area contributed by atoms with E-state index in [4.69, 9.17) is 23.2 Å². The van der Waals surface area contributed by atoms with Gasteiger partial charge in [0.25, 0.3) is 0 Å². The van der Waals surface area contributed by atoms with Gasteiger partial charge in [0.1, 0.15) is 5.82 Å². The largest absolute Gasteiger partial charge is 0.392 e. The van der Waals surface area contributed by atoms with Gasteiger partial charge in [-0.1, -0.05) is 29.3 Å². The van der Waals surface area contributed by atoms with Crippen molar-refractivity contribution in [1.82, 2.24) is 0 Å². The van der Waals surface area contributed by atoms with Crippen LogP contribution in [0.1, 0.15) is 5.56 Å². The monoisotopic (exact) mass is 270 g/mol. The van der Waals surface area contributed by atoms with Crippen molar-refractivity contribution in [3.05, 3.63) is 57.8 Å². The lowest BCUT2D eigenvalue weighted by molar-refractivity contribution is 0.282. The highest BCUT2D eigenvalue weighted by Gasteiger charge is 2.10. The molecule has 17 heavy (non-hydrogen) atoms. The number of rotatable bonds is 2. The predicted octanol–water partition coefficient (Wildman–Crippen LogP) is 4.29. The van der Waals surface area contributed by atoms with Gasteiger partial charge in [-0.25, -0.2) is 4.39 Å². The van der Waals surface area contributed by atoms with Crippen LogP contribution in [0.4, 0.5) is 4.39 Å². The van der Waals surface area contributed by atoms with Gasteiger partial charge in [-0.3, -0.25) is 0 Å². The van der Waals surface area contributed by atoms with Crippen LogP contribution in [0.25, 0.3) is 11.1 Å². The lowest BCUT2D eigenvalue weighted by Crippen LogP contribution is -1.91. The molecule has 0 aliphatic rings. The lowest BCUT2D eigenvalue weighted by atomic mass is 10.00. The highest BCUT2D eigenvalue weighted by Crippen LogP contribution is 2.32. The molecule has 0 spiro atoms. The zero-order chi connectivity index (χ0) is 12.4. The Balaban J connectivity index is 2.63. The Morgan fingerprint density at radius 2 is 1.76 bits per heavy atom. The van der Waals surface area contributed by atoms with Gasteiger partial charge >= 0.3 is 0 Å². The first-order valence-corrected chi connectivity index (χ1v) is 5.72. The molecular weight excluding hydrogens is 262 g/mol. The summed E-state index contributed by atoms with van der Waals surface area (Å²) >= 11 is 11.9. The molecule has 4 heteroatoms. The summed E-state index contributed by atoms with van der Waals surface area (Å²) in [6.45, 7) is -0.178. The Kier molecular flexibility index (Phi) is 3.67. The summed E-state index contributed by atoms with van der Waals surface area (Å²) in [5.74, 6) is -0.372. The maximum Gasteiger partial charge on any atom is 0.123 e. The van der Waals surface area contributed by atoms with Crippen molar-refractivity contribution in [3.63, 3.8) is 0 Å². The summed E-state index contributed by atoms with van der Waals surface area (Å²) in [6.07, 6.45) is 0. The summed E-state index contributed by atoms with van der Waals surface area (Å²) in [4.78, 5) is 0. The first-order valence-electron chi connectivity index (χ1n) is 4.96. The van der Waals surface area contributed by atoms with E-state index < -0.39 is 0 Å². The molecule has 0 unspecified atom stereocenters. The Hall–Kier alpha value is -1.09. The topological polar surface area (TPSA) is 20.2 Å². The maximum absolute atomic E-state index is 13.2. The van der Waals surface area contributed by atoms with Gasteiger partial charge in [0.15, 0.2) is 0 Å². The second-order valence-electron chi connectivity index (χ2n) is 3.58. The van der Waals surface area contributed by atoms with Crippen LogP contribution in [-0.4, -0.2) is 5.11 Å². The molecule has 88 valence electrons. The quantitative estimate of drug-likeness (QED) is 0.863. The molecule has 0 amide bonds. The molecule has 0 aliphatic carbocycles. The lowest BCUT2D eigenvalue weighted by Gasteiger charge is -2.10. The van der Waals surface area contributed by atoms with Crippen LogP contribution in [0.5, 0.6) is 0 Å². The van der Waals surface area contributed by atoms with Gasteiger partial charge in [-0.15, -0.1) is 0 Å². The van der Waals surface area contributed by atoms with Crippen LogP contribution in [0, 0.1) is 5.82 Å². The van der Waals surface area contributed by atoms with Crippen LogP contribution in [0.3, 0.4) is 0 Å². The Morgan fingerprint density at radius 1 is 1.00 bits per heavy atom. The highest BCUT2D eigenvalue weighted by molar-refractivity contribution is 6.33. The van der Waals surface area contributed by atoms with Crippen molar-refractivity contribution in [1.29, 1.82) is 0 Å². The fourth-order valence-corrected chi connectivity index (χ4v) is 2.07. The first-order chi connectivity index (χ1) is 8.11. The van der Waals surface area contributed by atoms with Gasteiger partial charge in [-0.05, 0) is 41.5 Å². The standard InChI is InChI=1S/C13H9Cl2FO/c14-9-1-3-11(8(5-9)7-17)12-6-10(16)2-4-13(12)15/h1-6,17H,7H2. The fourth-order valence-electron chi connectivity index (χ4n) is 1.66. The van der Waals surface area contributed by atoms with Crippen LogP contribution in [0.2, 0.25) is 10.0 Å². The molecule has 1 nitrogen and oxygen atoms in total. The summed E-state index contributed by atoms with van der Waals surface area (Å²) in [5, 5.41) is 10.2. The Morgan fingerprint density at radius 3 is 2.47 bits per heavy atom. The van der Waals surface area contributed by atoms with Crippen molar-refractivity contribution < 1.29 is 9.50 Å². The molecule has 0 atom stereocenters. The van der Waals surface area contributed by atoms with E-state index in [0.717, 1.165) is 0 Å². The predicted molar refractivity (Wildman–Crippen MR) is 67.8 cm³/mol. The minimum atomic E-state index is -0.372. The van der Waals surface area contributed by atoms with Gasteiger partial charge in [0.2, 0.25) is 0 Å². The number of aliphatic hydroxyl groups is 1. The van der Waals surface area contributed by atoms with E-state index in [1.54, 1.807) is 18.2 Å². The van der Waals surface area contributed by atoms with Crippen molar-refractivity contribution in [2.24, 2.45) is 0 Å². The molecule has 0 saturated heterocycles. The van der Waals surface area contributed by atoms with E-state index in [9.17, 15) is 9.50 Å². The zero-order valence-electron chi connectivity index (χ0n) is 8.75. The average molecular weight is 271 g/mol. The molecule has 0 aliphatic heterocycles. The maximum atomic E-state index is 13.2. The molecule has 1 N–H and O–H groups in total. The summed E-state index contributed by atoms with van der Waals surface area (Å²) in [7, 11) is 0. The molecule has 2 rings (SSSR count). The van der Waals surface area contributed by atoms with Crippen molar-refractivity contribution >= 4 is 23.2 Å². The number of hydrogen-bond donors (Lipinski definition) is 1. The Bertz CT molecular complexity index is 555. The van der Waals surface area contributed by atoms with Crippen molar-refractivity contribution in [2.75, 3.05) is 0 Å². The molecule has 0 fully saturated rings. The third-order valence-electron chi connectivity index (χ3n) is 2.46. The van der Waals surface area contributed by atoms with E-state index in [2.05, 4.69) is 0 Å². The normalized spacial score (nSPS) is 10.6. The third kappa shape index (κ3) is 2.60. The van der Waals surface area contributed by atoms with E-state index in [0.29, 0.717) is 26.7 Å². The molecule has 0 radical (unpaired) electrons. The second kappa shape index (κ2) is 5.05. The fraction of sp³-hybridized carbons (Fsp3) is 0.0769. The summed E-state index contributed by atoms with van der Waals surface area (Å²) in [5.41, 5.74) is 1.85. The van der Waals surface area contributed by atoms with Crippen molar-refractivity contribution in [3.8, 4) is 11.1 Å². The van der Waals surface area contributed by atoms with Crippen LogP contribution in [-0.2, 0) is 6.61 Å². The van der Waals surface area contributed by atoms with Crippen LogP contribution in [0.15, 0.2) is 36.4 Å². The van der Waals surface area contributed by atoms with Crippen LogP contribution >= 0.6 is 23.2 Å². The highest BCUT2D eigenvalue weighted by atomic mass is 35.5. The molecule has 2 aromatic rings. The first kappa shape index (κ1) is 12.4. The molecular formula is C13H9Cl2FO. The van der Waals surface area contributed by atoms with Gasteiger partial charge < -0.3 is 5.11 Å². The SMILES string of the molecule is OCc1cc(Cl)ccc1-c1cc(F)ccc1Cl. The number of hydrogen-bond acceptors (Lipinski definition) is 1. The van der Waals surface area contributed by atoms with Gasteiger partial charge in [0.05, 0.1) is 6.61 Å². The molecule has 0 heterocycles. The third-order valence-corrected chi connectivity index (χ3v) is 3.02. The molecule has 0 bridgehead atoms. The zero-order valence-corrected chi connectivity index (χ0v) is 10.3. The second-order valence-corrected chi connectivity index (χ2v) is 4.43.